The van der Waals surface area contributed by atoms with E-state index in [1.165, 1.54) is 0 Å². The normalized spacial score (nSPS) is 11.3. The summed E-state index contributed by atoms with van der Waals surface area (Å²) >= 11 is 0. The fourth-order valence-electron chi connectivity index (χ4n) is 3.13. The lowest BCUT2D eigenvalue weighted by molar-refractivity contribution is -0.126. The summed E-state index contributed by atoms with van der Waals surface area (Å²) in [5.74, 6) is -0.899. The number of para-hydroxylation sites is 1. The average molecular weight is 415 g/mol. The van der Waals surface area contributed by atoms with Crippen molar-refractivity contribution in [2.75, 3.05) is 11.9 Å². The molecule has 3 aromatic rings. The molecule has 0 heterocycles. The van der Waals surface area contributed by atoms with E-state index in [1.807, 2.05) is 55.5 Å². The maximum atomic E-state index is 12.9. The molecule has 0 saturated heterocycles. The fraction of sp³-hybridized carbons (Fsp3) is 0.160. The standard InChI is InChI=1S/C25H25N3O3/c1-18-10-8-9-15-21(18)24(30)26-17-16-22(29)28-23(19-11-4-2-5-12-19)25(31)27-20-13-6-3-7-14-20/h2-15,23H,16-17H2,1H3,(H,26,30)(H,27,31)(H,28,29). The van der Waals surface area contributed by atoms with Gasteiger partial charge in [0, 0.05) is 24.2 Å². The van der Waals surface area contributed by atoms with Crippen LogP contribution in [0.25, 0.3) is 0 Å². The first-order valence-corrected chi connectivity index (χ1v) is 10.1. The smallest absolute Gasteiger partial charge is 0.251 e. The number of hydrogen-bond donors (Lipinski definition) is 3. The SMILES string of the molecule is Cc1ccccc1C(=O)NCCC(=O)NC(C(=O)Nc1ccccc1)c1ccccc1. The number of aryl methyl sites for hydroxylation is 1. The summed E-state index contributed by atoms with van der Waals surface area (Å²) < 4.78 is 0. The number of amides is 3. The first-order chi connectivity index (χ1) is 15.0. The topological polar surface area (TPSA) is 87.3 Å². The molecule has 3 N–H and O–H groups in total. The molecule has 31 heavy (non-hydrogen) atoms. The van der Waals surface area contributed by atoms with Crippen molar-refractivity contribution in [3.8, 4) is 0 Å². The quantitative estimate of drug-likeness (QED) is 0.525. The lowest BCUT2D eigenvalue weighted by Crippen LogP contribution is -2.38. The minimum absolute atomic E-state index is 0.0551. The third kappa shape index (κ3) is 6.27. The number of hydrogen-bond acceptors (Lipinski definition) is 3. The Morgan fingerprint density at radius 2 is 1.42 bits per heavy atom. The van der Waals surface area contributed by atoms with Crippen molar-refractivity contribution in [2.24, 2.45) is 0 Å². The van der Waals surface area contributed by atoms with Gasteiger partial charge in [-0.25, -0.2) is 0 Å². The predicted octanol–water partition coefficient (Wildman–Crippen LogP) is 3.61. The van der Waals surface area contributed by atoms with Crippen LogP contribution < -0.4 is 16.0 Å². The highest BCUT2D eigenvalue weighted by Gasteiger charge is 2.22. The van der Waals surface area contributed by atoms with Crippen molar-refractivity contribution in [3.05, 3.63) is 102 Å². The van der Waals surface area contributed by atoms with Gasteiger partial charge in [0.1, 0.15) is 6.04 Å². The van der Waals surface area contributed by atoms with Crippen LogP contribution in [0.2, 0.25) is 0 Å². The summed E-state index contributed by atoms with van der Waals surface area (Å²) in [6, 6.07) is 24.5. The summed E-state index contributed by atoms with van der Waals surface area (Å²) in [4.78, 5) is 37.7. The molecular weight excluding hydrogens is 390 g/mol. The molecule has 1 atom stereocenters. The molecule has 0 aliphatic carbocycles. The molecular formula is C25H25N3O3. The van der Waals surface area contributed by atoms with Crippen LogP contribution >= 0.6 is 0 Å². The van der Waals surface area contributed by atoms with Crippen LogP contribution in [0.1, 0.15) is 33.9 Å². The average Bonchev–Trinajstić information content (AvgIpc) is 2.79. The number of rotatable bonds is 8. The highest BCUT2D eigenvalue weighted by atomic mass is 16.2. The van der Waals surface area contributed by atoms with Gasteiger partial charge >= 0.3 is 0 Å². The number of nitrogens with one attached hydrogen (secondary N) is 3. The molecule has 0 aliphatic heterocycles. The number of carbonyl (C=O) groups is 3. The Kier molecular flexibility index (Phi) is 7.54. The molecule has 0 radical (unpaired) electrons. The van der Waals surface area contributed by atoms with Crippen LogP contribution in [0.3, 0.4) is 0 Å². The number of anilines is 1. The Morgan fingerprint density at radius 1 is 0.806 bits per heavy atom. The Hall–Kier alpha value is -3.93. The number of carbonyl (C=O) groups excluding carboxylic acids is 3. The van der Waals surface area contributed by atoms with Gasteiger partial charge in [-0.3, -0.25) is 14.4 Å². The van der Waals surface area contributed by atoms with Crippen molar-refractivity contribution in [1.82, 2.24) is 10.6 Å². The second-order valence-electron chi connectivity index (χ2n) is 7.09. The first-order valence-electron chi connectivity index (χ1n) is 10.1. The van der Waals surface area contributed by atoms with Crippen LogP contribution in [0.15, 0.2) is 84.9 Å². The van der Waals surface area contributed by atoms with E-state index in [-0.39, 0.29) is 30.7 Å². The van der Waals surface area contributed by atoms with Crippen molar-refractivity contribution in [3.63, 3.8) is 0 Å². The van der Waals surface area contributed by atoms with E-state index in [1.54, 1.807) is 36.4 Å². The van der Waals surface area contributed by atoms with Crippen molar-refractivity contribution >= 4 is 23.4 Å². The van der Waals surface area contributed by atoms with Gasteiger partial charge in [-0.05, 0) is 36.2 Å². The van der Waals surface area contributed by atoms with Crippen molar-refractivity contribution in [1.29, 1.82) is 0 Å². The van der Waals surface area contributed by atoms with E-state index in [2.05, 4.69) is 16.0 Å². The zero-order valence-electron chi connectivity index (χ0n) is 17.3. The minimum atomic E-state index is -0.846. The van der Waals surface area contributed by atoms with E-state index in [9.17, 15) is 14.4 Å². The molecule has 1 unspecified atom stereocenters. The van der Waals surface area contributed by atoms with E-state index in [0.717, 1.165) is 5.56 Å². The molecule has 6 heteroatoms. The molecule has 0 fully saturated rings. The van der Waals surface area contributed by atoms with Gasteiger partial charge in [0.2, 0.25) is 5.91 Å². The molecule has 3 rings (SSSR count). The maximum absolute atomic E-state index is 12.9. The minimum Gasteiger partial charge on any atom is -0.352 e. The molecule has 0 saturated carbocycles. The number of benzene rings is 3. The van der Waals surface area contributed by atoms with Gasteiger partial charge < -0.3 is 16.0 Å². The van der Waals surface area contributed by atoms with Gasteiger partial charge in [0.15, 0.2) is 0 Å². The Balaban J connectivity index is 1.60. The summed E-state index contributed by atoms with van der Waals surface area (Å²) in [6.45, 7) is 2.03. The first kappa shape index (κ1) is 21.8. The van der Waals surface area contributed by atoms with E-state index >= 15 is 0 Å². The molecule has 3 aromatic carbocycles. The molecule has 158 valence electrons. The molecule has 0 aliphatic rings. The van der Waals surface area contributed by atoms with Crippen LogP contribution in [0.5, 0.6) is 0 Å². The highest BCUT2D eigenvalue weighted by Crippen LogP contribution is 2.16. The molecule has 0 bridgehead atoms. The van der Waals surface area contributed by atoms with Gasteiger partial charge in [0.25, 0.3) is 11.8 Å². The lowest BCUT2D eigenvalue weighted by atomic mass is 10.1. The van der Waals surface area contributed by atoms with E-state index in [0.29, 0.717) is 16.8 Å². The second-order valence-corrected chi connectivity index (χ2v) is 7.09. The lowest BCUT2D eigenvalue weighted by Gasteiger charge is -2.19. The third-order valence-electron chi connectivity index (χ3n) is 4.77. The zero-order chi connectivity index (χ0) is 22.1. The molecule has 6 nitrogen and oxygen atoms in total. The van der Waals surface area contributed by atoms with Crippen LogP contribution in [0.4, 0.5) is 5.69 Å². The Labute approximate surface area is 181 Å². The summed E-state index contributed by atoms with van der Waals surface area (Å²) in [6.07, 6.45) is 0.0551. The van der Waals surface area contributed by atoms with E-state index < -0.39 is 6.04 Å². The highest BCUT2D eigenvalue weighted by molar-refractivity contribution is 5.98. The van der Waals surface area contributed by atoms with Gasteiger partial charge in [-0.15, -0.1) is 0 Å². The van der Waals surface area contributed by atoms with Crippen LogP contribution in [-0.2, 0) is 9.59 Å². The predicted molar refractivity (Wildman–Crippen MR) is 121 cm³/mol. The monoisotopic (exact) mass is 415 g/mol. The summed E-state index contributed by atoms with van der Waals surface area (Å²) in [5, 5.41) is 8.35. The molecule has 0 aromatic heterocycles. The van der Waals surface area contributed by atoms with Gasteiger partial charge in [-0.1, -0.05) is 66.7 Å². The zero-order valence-corrected chi connectivity index (χ0v) is 17.3. The van der Waals surface area contributed by atoms with E-state index in [4.69, 9.17) is 0 Å². The van der Waals surface area contributed by atoms with Crippen molar-refractivity contribution in [2.45, 2.75) is 19.4 Å². The summed E-state index contributed by atoms with van der Waals surface area (Å²) in [5.41, 5.74) is 2.76. The fourth-order valence-corrected chi connectivity index (χ4v) is 3.13. The van der Waals surface area contributed by atoms with Gasteiger partial charge in [0.05, 0.1) is 0 Å². The molecule has 0 spiro atoms. The largest absolute Gasteiger partial charge is 0.352 e. The van der Waals surface area contributed by atoms with Crippen LogP contribution in [-0.4, -0.2) is 24.3 Å². The maximum Gasteiger partial charge on any atom is 0.251 e. The van der Waals surface area contributed by atoms with Crippen LogP contribution in [0, 0.1) is 6.92 Å². The van der Waals surface area contributed by atoms with Gasteiger partial charge in [-0.2, -0.15) is 0 Å². The second kappa shape index (κ2) is 10.7. The van der Waals surface area contributed by atoms with Crippen molar-refractivity contribution < 1.29 is 14.4 Å². The summed E-state index contributed by atoms with van der Waals surface area (Å²) in [7, 11) is 0. The molecule has 3 amide bonds. The Morgan fingerprint density at radius 3 is 2.10 bits per heavy atom. The Bertz CT molecular complexity index is 1040. The third-order valence-corrected chi connectivity index (χ3v) is 4.77.